The minimum absolute atomic E-state index is 0.0345. The highest BCUT2D eigenvalue weighted by atomic mass is 32.2. The Balaban J connectivity index is 1.84. The first-order valence-electron chi connectivity index (χ1n) is 9.48. The molecule has 1 unspecified atom stereocenters. The number of aromatic amines is 1. The smallest absolute Gasteiger partial charge is 0.335 e. The van der Waals surface area contributed by atoms with Crippen molar-refractivity contribution in [3.8, 4) is 0 Å². The van der Waals surface area contributed by atoms with Gasteiger partial charge in [-0.05, 0) is 43.4 Å². The molecular weight excluding hydrogens is 445 g/mol. The zero-order valence-electron chi connectivity index (χ0n) is 16.4. The number of hydrogen-bond donors (Lipinski definition) is 1. The fourth-order valence-electron chi connectivity index (χ4n) is 3.25. The Hall–Kier alpha value is -2.57. The lowest BCUT2D eigenvalue weighted by atomic mass is 10.2. The van der Waals surface area contributed by atoms with Gasteiger partial charge in [-0.2, -0.15) is 22.0 Å². The molecule has 0 spiro atoms. The molecule has 168 valence electrons. The van der Waals surface area contributed by atoms with Crippen LogP contribution in [0.1, 0.15) is 44.0 Å². The maximum absolute atomic E-state index is 13.7. The van der Waals surface area contributed by atoms with Crippen LogP contribution in [0.3, 0.4) is 0 Å². The lowest BCUT2D eigenvalue weighted by molar-refractivity contribution is -0.292. The summed E-state index contributed by atoms with van der Waals surface area (Å²) < 4.78 is 90.8. The highest BCUT2D eigenvalue weighted by Crippen LogP contribution is 2.42. The molecule has 0 radical (unpaired) electrons. The zero-order valence-corrected chi connectivity index (χ0v) is 17.2. The normalized spacial score (nSPS) is 19.6. The summed E-state index contributed by atoms with van der Waals surface area (Å²) in [5, 5.41) is 5.09. The van der Waals surface area contributed by atoms with Gasteiger partial charge in [-0.3, -0.25) is 0 Å². The van der Waals surface area contributed by atoms with E-state index in [-0.39, 0.29) is 27.7 Å². The topological polar surface area (TPSA) is 91.3 Å². The first kappa shape index (κ1) is 21.7. The summed E-state index contributed by atoms with van der Waals surface area (Å²) in [6.45, 7) is 3.05. The molecule has 7 nitrogen and oxygen atoms in total. The van der Waals surface area contributed by atoms with E-state index in [1.165, 1.54) is 25.3 Å². The average molecular weight is 463 g/mol. The number of nitrogens with zero attached hydrogens (tertiary/aromatic N) is 4. The van der Waals surface area contributed by atoms with Crippen molar-refractivity contribution in [2.75, 3.05) is 10.8 Å². The highest BCUT2D eigenvalue weighted by Gasteiger charge is 2.61. The molecule has 0 saturated heterocycles. The second kappa shape index (κ2) is 6.97. The van der Waals surface area contributed by atoms with E-state index in [0.717, 1.165) is 23.4 Å². The minimum Gasteiger partial charge on any atom is -0.335 e. The molecule has 3 heterocycles. The Bertz CT molecular complexity index is 1250. The van der Waals surface area contributed by atoms with E-state index in [2.05, 4.69) is 15.1 Å². The number of aromatic nitrogens is 3. The highest BCUT2D eigenvalue weighted by molar-refractivity contribution is 7.91. The van der Waals surface area contributed by atoms with Crippen LogP contribution in [0.25, 0.3) is 6.08 Å². The van der Waals surface area contributed by atoms with Crippen molar-refractivity contribution < 1.29 is 30.4 Å². The quantitative estimate of drug-likeness (QED) is 0.688. The molecule has 1 aliphatic heterocycles. The van der Waals surface area contributed by atoms with Gasteiger partial charge in [0.25, 0.3) is 0 Å². The number of hydrogen-bond acceptors (Lipinski definition) is 6. The first-order valence-corrected chi connectivity index (χ1v) is 11.1. The van der Waals surface area contributed by atoms with Gasteiger partial charge in [0, 0.05) is 6.20 Å². The molecule has 0 amide bonds. The SMILES string of the molecule is CCS(=O)(=O)c1cc(C2CC2)cnc1N1N=c2nc(C(F)(F)C(F)(F)F)[nH]c2=CC1C. The van der Waals surface area contributed by atoms with E-state index >= 15 is 0 Å². The molecule has 4 rings (SSSR count). The van der Waals surface area contributed by atoms with Gasteiger partial charge in [-0.25, -0.2) is 23.4 Å². The van der Waals surface area contributed by atoms with Crippen LogP contribution < -0.4 is 15.8 Å². The molecule has 1 saturated carbocycles. The zero-order chi connectivity index (χ0) is 22.8. The predicted octanol–water partition coefficient (Wildman–Crippen LogP) is 2.35. The molecule has 2 aromatic heterocycles. The second-order valence-corrected chi connectivity index (χ2v) is 9.76. The van der Waals surface area contributed by atoms with Crippen LogP contribution in [0.2, 0.25) is 0 Å². The van der Waals surface area contributed by atoms with Crippen LogP contribution in [-0.4, -0.2) is 41.3 Å². The number of fused-ring (bicyclic) bond motifs is 1. The Kier molecular flexibility index (Phi) is 4.87. The summed E-state index contributed by atoms with van der Waals surface area (Å²) in [7, 11) is -3.72. The minimum atomic E-state index is -5.83. The second-order valence-electron chi connectivity index (χ2n) is 7.51. The van der Waals surface area contributed by atoms with Crippen LogP contribution in [0, 0.1) is 0 Å². The maximum Gasteiger partial charge on any atom is 0.461 e. The van der Waals surface area contributed by atoms with Crippen molar-refractivity contribution in [1.82, 2.24) is 15.0 Å². The number of imidazole rings is 1. The lowest BCUT2D eigenvalue weighted by Gasteiger charge is -2.26. The summed E-state index contributed by atoms with van der Waals surface area (Å²) in [5.41, 5.74) is 0.363. The largest absolute Gasteiger partial charge is 0.461 e. The summed E-state index contributed by atoms with van der Waals surface area (Å²) in [6.07, 6.45) is -1.10. The van der Waals surface area contributed by atoms with Gasteiger partial charge < -0.3 is 4.98 Å². The number of rotatable bonds is 5. The number of alkyl halides is 5. The van der Waals surface area contributed by atoms with Gasteiger partial charge in [0.05, 0.1) is 17.1 Å². The molecule has 0 bridgehead atoms. The van der Waals surface area contributed by atoms with Crippen molar-refractivity contribution in [2.45, 2.75) is 55.6 Å². The summed E-state index contributed by atoms with van der Waals surface area (Å²) in [5.74, 6) is -6.77. The van der Waals surface area contributed by atoms with Gasteiger partial charge in [-0.1, -0.05) is 6.92 Å². The molecule has 1 aliphatic carbocycles. The fourth-order valence-corrected chi connectivity index (χ4v) is 4.30. The lowest BCUT2D eigenvalue weighted by Crippen LogP contribution is -2.42. The van der Waals surface area contributed by atoms with Crippen LogP contribution in [0.4, 0.5) is 27.8 Å². The standard InChI is InChI=1S/C18H18F5N5O2S/c1-3-31(29,30)13-7-11(10-4-5-10)8-24-15(13)28-9(2)6-12-14(27-28)26-16(25-12)17(19,20)18(21,22)23/h6-10H,3-5H2,1-2H3,(H,25,26,27). The third-order valence-electron chi connectivity index (χ3n) is 5.20. The van der Waals surface area contributed by atoms with Crippen LogP contribution in [0.15, 0.2) is 22.3 Å². The Morgan fingerprint density at radius 2 is 1.90 bits per heavy atom. The van der Waals surface area contributed by atoms with Crippen LogP contribution in [-0.2, 0) is 15.8 Å². The van der Waals surface area contributed by atoms with E-state index < -0.39 is 39.3 Å². The number of sulfone groups is 1. The molecule has 2 aliphatic rings. The van der Waals surface area contributed by atoms with Gasteiger partial charge in [0.2, 0.25) is 0 Å². The number of anilines is 1. The van der Waals surface area contributed by atoms with E-state index in [9.17, 15) is 30.4 Å². The Morgan fingerprint density at radius 1 is 1.23 bits per heavy atom. The monoisotopic (exact) mass is 463 g/mol. The average Bonchev–Trinajstić information content (AvgIpc) is 3.45. The van der Waals surface area contributed by atoms with E-state index in [1.54, 1.807) is 6.92 Å². The summed E-state index contributed by atoms with van der Waals surface area (Å²) in [4.78, 5) is 9.50. The Labute approximate surface area is 173 Å². The number of H-pyrrole nitrogens is 1. The van der Waals surface area contributed by atoms with Crippen molar-refractivity contribution >= 4 is 21.7 Å². The number of halogens is 5. The van der Waals surface area contributed by atoms with Gasteiger partial charge in [0.15, 0.2) is 27.0 Å². The Morgan fingerprint density at radius 3 is 2.48 bits per heavy atom. The molecule has 0 aromatic carbocycles. The maximum atomic E-state index is 13.7. The molecule has 1 atom stereocenters. The summed E-state index contributed by atoms with van der Waals surface area (Å²) in [6, 6.07) is 0.843. The van der Waals surface area contributed by atoms with E-state index in [4.69, 9.17) is 0 Å². The van der Waals surface area contributed by atoms with Crippen molar-refractivity contribution in [2.24, 2.45) is 5.10 Å². The predicted molar refractivity (Wildman–Crippen MR) is 99.7 cm³/mol. The third kappa shape index (κ3) is 3.68. The van der Waals surface area contributed by atoms with Crippen LogP contribution >= 0.6 is 0 Å². The van der Waals surface area contributed by atoms with E-state index in [0.29, 0.717) is 0 Å². The van der Waals surface area contributed by atoms with Crippen LogP contribution in [0.5, 0.6) is 0 Å². The van der Waals surface area contributed by atoms with Gasteiger partial charge in [0.1, 0.15) is 4.90 Å². The molecule has 1 fully saturated rings. The van der Waals surface area contributed by atoms with Crippen molar-refractivity contribution in [3.05, 3.63) is 34.5 Å². The first-order chi connectivity index (χ1) is 14.3. The molecule has 13 heteroatoms. The number of pyridine rings is 1. The summed E-state index contributed by atoms with van der Waals surface area (Å²) >= 11 is 0. The van der Waals surface area contributed by atoms with Gasteiger partial charge in [-0.15, -0.1) is 5.10 Å². The number of nitrogens with one attached hydrogen (secondary N) is 1. The van der Waals surface area contributed by atoms with E-state index in [1.807, 2.05) is 4.98 Å². The molecule has 2 aromatic rings. The van der Waals surface area contributed by atoms with Crippen molar-refractivity contribution in [1.29, 1.82) is 0 Å². The molecule has 31 heavy (non-hydrogen) atoms. The third-order valence-corrected chi connectivity index (χ3v) is 6.93. The van der Waals surface area contributed by atoms with Gasteiger partial charge >= 0.3 is 12.1 Å². The molecular formula is C18H18F5N5O2S. The fraction of sp³-hybridized carbons (Fsp3) is 0.500. The van der Waals surface area contributed by atoms with Crippen molar-refractivity contribution in [3.63, 3.8) is 0 Å². The molecule has 1 N–H and O–H groups in total.